The van der Waals surface area contributed by atoms with Gasteiger partial charge >= 0.3 is 18.7 Å². The Hall–Kier alpha value is -0.240. The molecule has 1 atom stereocenters. The van der Waals surface area contributed by atoms with Gasteiger partial charge in [0.25, 0.3) is 0 Å². The van der Waals surface area contributed by atoms with Crippen molar-refractivity contribution in [3.05, 3.63) is 0 Å². The number of ether oxygens (including phenoxy) is 1. The second-order valence-corrected chi connectivity index (χ2v) is 2.25. The van der Waals surface area contributed by atoms with Gasteiger partial charge in [-0.3, -0.25) is 4.74 Å². The van der Waals surface area contributed by atoms with Crippen LogP contribution in [0.1, 0.15) is 0 Å². The molecule has 0 heterocycles. The predicted molar refractivity (Wildman–Crippen MR) is 27.7 cm³/mol. The fourth-order valence-electron chi connectivity index (χ4n) is 0.295. The number of hydrogen-bond donors (Lipinski definition) is 0. The van der Waals surface area contributed by atoms with E-state index in [1.165, 1.54) is 0 Å². The van der Waals surface area contributed by atoms with Gasteiger partial charge < -0.3 is 0 Å². The lowest BCUT2D eigenvalue weighted by atomic mass is 10.4. The molecular formula is C4H2ClF7O. The van der Waals surface area contributed by atoms with E-state index in [2.05, 4.69) is 16.3 Å². The fraction of sp³-hybridized carbons (Fsp3) is 1.00. The van der Waals surface area contributed by atoms with Gasteiger partial charge in [0, 0.05) is 0 Å². The molecule has 9 heteroatoms. The third kappa shape index (κ3) is 3.99. The van der Waals surface area contributed by atoms with Crippen molar-refractivity contribution in [3.63, 3.8) is 0 Å². The Kier molecular flexibility index (Phi) is 3.80. The average molecular weight is 234 g/mol. The molecule has 0 saturated carbocycles. The molecule has 1 nitrogen and oxygen atoms in total. The molecule has 0 radical (unpaired) electrons. The highest BCUT2D eigenvalue weighted by molar-refractivity contribution is 6.20. The van der Waals surface area contributed by atoms with Crippen LogP contribution in [0.3, 0.4) is 0 Å². The minimum absolute atomic E-state index is 2.50. The van der Waals surface area contributed by atoms with Gasteiger partial charge in [0.2, 0.25) is 5.56 Å². The first-order valence-corrected chi connectivity index (χ1v) is 3.05. The summed E-state index contributed by atoms with van der Waals surface area (Å²) in [6.45, 7) is 0. The summed E-state index contributed by atoms with van der Waals surface area (Å²) in [5.74, 6) is -5.04. The third-order valence-electron chi connectivity index (χ3n) is 0.831. The van der Waals surface area contributed by atoms with E-state index in [1.807, 2.05) is 0 Å². The van der Waals surface area contributed by atoms with Crippen LogP contribution >= 0.6 is 11.6 Å². The minimum atomic E-state index is -5.48. The van der Waals surface area contributed by atoms with E-state index >= 15 is 0 Å². The molecule has 0 aromatic rings. The molecule has 0 rings (SSSR count). The van der Waals surface area contributed by atoms with E-state index in [9.17, 15) is 30.7 Å². The Bertz CT molecular complexity index is 166. The van der Waals surface area contributed by atoms with Gasteiger partial charge in [-0.15, -0.1) is 13.2 Å². The normalized spacial score (nSPS) is 16.4. The van der Waals surface area contributed by atoms with Crippen LogP contribution in [0.2, 0.25) is 0 Å². The number of rotatable bonds is 3. The maximum Gasteiger partial charge on any atom is 0.524 e. The summed E-state index contributed by atoms with van der Waals surface area (Å²) in [7, 11) is 0. The van der Waals surface area contributed by atoms with E-state index in [0.29, 0.717) is 0 Å². The van der Waals surface area contributed by atoms with Gasteiger partial charge in [0.05, 0.1) is 0 Å². The van der Waals surface area contributed by atoms with Crippen LogP contribution in [-0.4, -0.2) is 24.3 Å². The van der Waals surface area contributed by atoms with Crippen molar-refractivity contribution in [2.24, 2.45) is 0 Å². The summed E-state index contributed by atoms with van der Waals surface area (Å²) >= 11 is 4.28. The molecule has 1 unspecified atom stereocenters. The van der Waals surface area contributed by atoms with Crippen molar-refractivity contribution in [2.75, 3.05) is 0 Å². The molecule has 0 N–H and O–H groups in total. The quantitative estimate of drug-likeness (QED) is 0.539. The highest BCUT2D eigenvalue weighted by atomic mass is 35.5. The van der Waals surface area contributed by atoms with E-state index in [4.69, 9.17) is 0 Å². The zero-order chi connectivity index (χ0) is 10.9. The molecule has 0 aliphatic heterocycles. The molecule has 0 bridgehead atoms. The lowest BCUT2D eigenvalue weighted by Crippen LogP contribution is -2.41. The highest BCUT2D eigenvalue weighted by Gasteiger charge is 2.53. The summed E-state index contributed by atoms with van der Waals surface area (Å²) in [6, 6.07) is 0. The number of alkyl halides is 8. The van der Waals surface area contributed by atoms with Gasteiger partial charge in [-0.25, -0.2) is 8.78 Å². The number of halogens is 8. The summed E-state index contributed by atoms with van der Waals surface area (Å²) in [4.78, 5) is 0. The van der Waals surface area contributed by atoms with Crippen LogP contribution in [0, 0.1) is 0 Å². The summed E-state index contributed by atoms with van der Waals surface area (Å²) in [6.07, 6.45) is -9.80. The van der Waals surface area contributed by atoms with Gasteiger partial charge in [0.1, 0.15) is 0 Å². The van der Waals surface area contributed by atoms with Crippen LogP contribution < -0.4 is 0 Å². The Labute approximate surface area is 72.4 Å². The predicted octanol–water partition coefficient (Wildman–Crippen LogP) is 2.99. The summed E-state index contributed by atoms with van der Waals surface area (Å²) in [5.41, 5.74) is -3.44. The van der Waals surface area contributed by atoms with E-state index in [0.717, 1.165) is 0 Å². The summed E-state index contributed by atoms with van der Waals surface area (Å²) < 4.78 is 82.8. The smallest absolute Gasteiger partial charge is 0.266 e. The molecular weight excluding hydrogens is 232 g/mol. The standard InChI is InChI=1S/C4H2ClF7O/c5-1(13-4(10,11)12)3(8,9)2(6)7/h1-2H. The second-order valence-electron chi connectivity index (χ2n) is 1.85. The third-order valence-corrected chi connectivity index (χ3v) is 1.21. The maximum atomic E-state index is 12.0. The molecule has 0 aliphatic rings. The molecule has 80 valence electrons. The van der Waals surface area contributed by atoms with Crippen molar-refractivity contribution in [1.82, 2.24) is 0 Å². The highest BCUT2D eigenvalue weighted by Crippen LogP contribution is 2.34. The summed E-state index contributed by atoms with van der Waals surface area (Å²) in [5, 5.41) is 0. The largest absolute Gasteiger partial charge is 0.524 e. The minimum Gasteiger partial charge on any atom is -0.266 e. The van der Waals surface area contributed by atoms with Crippen molar-refractivity contribution in [3.8, 4) is 0 Å². The number of hydrogen-bond acceptors (Lipinski definition) is 1. The van der Waals surface area contributed by atoms with Crippen LogP contribution in [0.25, 0.3) is 0 Å². The van der Waals surface area contributed by atoms with Crippen LogP contribution in [0.5, 0.6) is 0 Å². The first kappa shape index (κ1) is 12.8. The fourth-order valence-corrected chi connectivity index (χ4v) is 0.491. The Morgan fingerprint density at radius 2 is 1.38 bits per heavy atom. The maximum absolute atomic E-state index is 12.0. The zero-order valence-electron chi connectivity index (χ0n) is 5.59. The lowest BCUT2D eigenvalue weighted by molar-refractivity contribution is -0.357. The molecule has 0 aromatic heterocycles. The van der Waals surface area contributed by atoms with E-state index < -0.39 is 24.3 Å². The molecule has 0 saturated heterocycles. The second kappa shape index (κ2) is 3.87. The monoisotopic (exact) mass is 234 g/mol. The average Bonchev–Trinajstić information content (AvgIpc) is 1.82. The van der Waals surface area contributed by atoms with Gasteiger partial charge in [-0.1, -0.05) is 11.6 Å². The molecule has 0 spiro atoms. The van der Waals surface area contributed by atoms with Crippen LogP contribution in [0.15, 0.2) is 0 Å². The Balaban J connectivity index is 4.34. The van der Waals surface area contributed by atoms with Crippen molar-refractivity contribution in [1.29, 1.82) is 0 Å². The van der Waals surface area contributed by atoms with E-state index in [1.54, 1.807) is 0 Å². The topological polar surface area (TPSA) is 9.23 Å². The Morgan fingerprint density at radius 3 is 1.62 bits per heavy atom. The SMILES string of the molecule is FC(F)C(F)(F)C(Cl)OC(F)(F)F. The van der Waals surface area contributed by atoms with Crippen molar-refractivity contribution in [2.45, 2.75) is 24.3 Å². The van der Waals surface area contributed by atoms with Crippen molar-refractivity contribution >= 4 is 11.6 Å². The zero-order valence-corrected chi connectivity index (χ0v) is 6.34. The van der Waals surface area contributed by atoms with Crippen LogP contribution in [0.4, 0.5) is 30.7 Å². The van der Waals surface area contributed by atoms with E-state index in [-0.39, 0.29) is 0 Å². The Morgan fingerprint density at radius 1 is 1.00 bits per heavy atom. The molecule has 0 aliphatic carbocycles. The van der Waals surface area contributed by atoms with Crippen molar-refractivity contribution < 1.29 is 35.5 Å². The lowest BCUT2D eigenvalue weighted by Gasteiger charge is -2.21. The molecule has 0 aromatic carbocycles. The van der Waals surface area contributed by atoms with Gasteiger partial charge in [-0.05, 0) is 0 Å². The molecule has 0 amide bonds. The molecule has 0 fully saturated rings. The molecule has 13 heavy (non-hydrogen) atoms. The first-order chi connectivity index (χ1) is 5.57. The van der Waals surface area contributed by atoms with Gasteiger partial charge in [0.15, 0.2) is 0 Å². The van der Waals surface area contributed by atoms with Crippen LogP contribution in [-0.2, 0) is 4.74 Å². The first-order valence-electron chi connectivity index (χ1n) is 2.62. The van der Waals surface area contributed by atoms with Gasteiger partial charge in [-0.2, -0.15) is 8.78 Å².